The van der Waals surface area contributed by atoms with Crippen molar-refractivity contribution in [3.63, 3.8) is 0 Å². The van der Waals surface area contributed by atoms with E-state index in [1.165, 1.54) is 7.11 Å². The van der Waals surface area contributed by atoms with Gasteiger partial charge in [0.15, 0.2) is 6.29 Å². The van der Waals surface area contributed by atoms with Crippen molar-refractivity contribution >= 4 is 0 Å². The van der Waals surface area contributed by atoms with Crippen LogP contribution in [0.1, 0.15) is 13.3 Å². The summed E-state index contributed by atoms with van der Waals surface area (Å²) in [5.41, 5.74) is 0. The van der Waals surface area contributed by atoms with Crippen molar-refractivity contribution in [2.24, 2.45) is 0 Å². The monoisotopic (exact) mass is 192 g/mol. The van der Waals surface area contributed by atoms with Gasteiger partial charge in [0, 0.05) is 7.11 Å². The molecule has 5 nitrogen and oxygen atoms in total. The van der Waals surface area contributed by atoms with Crippen molar-refractivity contribution in [3.8, 4) is 0 Å². The molecule has 0 radical (unpaired) electrons. The molecule has 0 aliphatic carbocycles. The Kier molecular flexibility index (Phi) is 3.63. The second-order valence-corrected chi connectivity index (χ2v) is 3.16. The maximum atomic E-state index is 9.43. The van der Waals surface area contributed by atoms with Crippen molar-refractivity contribution in [3.05, 3.63) is 0 Å². The summed E-state index contributed by atoms with van der Waals surface area (Å²) in [5, 5.41) is 28.2. The average molecular weight is 192 g/mol. The smallest absolute Gasteiger partial charge is 0.186 e. The molecule has 0 aromatic carbocycles. The Balaban J connectivity index is 2.66. The molecule has 0 spiro atoms. The number of aliphatic hydroxyl groups is 3. The first-order valence-corrected chi connectivity index (χ1v) is 4.34. The van der Waals surface area contributed by atoms with E-state index in [0.717, 1.165) is 0 Å². The molecule has 1 saturated heterocycles. The van der Waals surface area contributed by atoms with E-state index in [2.05, 4.69) is 0 Å². The van der Waals surface area contributed by atoms with E-state index in [0.29, 0.717) is 6.42 Å². The lowest BCUT2D eigenvalue weighted by Crippen LogP contribution is -2.57. The second kappa shape index (κ2) is 4.34. The Morgan fingerprint density at radius 3 is 2.23 bits per heavy atom. The SMILES string of the molecule is CCC1O[C@@H](OC)C(O)[C@@H](O)[C@@H]1O. The fraction of sp³-hybridized carbons (Fsp3) is 1.00. The molecule has 0 saturated carbocycles. The molecule has 3 N–H and O–H groups in total. The first-order chi connectivity index (χ1) is 6.11. The lowest BCUT2D eigenvalue weighted by molar-refractivity contribution is -0.290. The first kappa shape index (κ1) is 10.9. The maximum Gasteiger partial charge on any atom is 0.186 e. The first-order valence-electron chi connectivity index (χ1n) is 4.34. The fourth-order valence-electron chi connectivity index (χ4n) is 1.45. The van der Waals surface area contributed by atoms with Gasteiger partial charge in [-0.2, -0.15) is 0 Å². The van der Waals surface area contributed by atoms with Gasteiger partial charge in [0.2, 0.25) is 0 Å². The van der Waals surface area contributed by atoms with Gasteiger partial charge in [-0.3, -0.25) is 0 Å². The van der Waals surface area contributed by atoms with Gasteiger partial charge in [-0.25, -0.2) is 0 Å². The van der Waals surface area contributed by atoms with Gasteiger partial charge in [-0.15, -0.1) is 0 Å². The standard InChI is InChI=1S/C8H16O5/c1-3-4-5(9)6(10)7(11)8(12-2)13-4/h4-11H,3H2,1-2H3/t4?,5-,6+,7?,8-/m1/s1. The topological polar surface area (TPSA) is 79.2 Å². The average Bonchev–Trinajstić information content (AvgIpc) is 2.15. The molecule has 0 aromatic rings. The number of hydrogen-bond donors (Lipinski definition) is 3. The summed E-state index contributed by atoms with van der Waals surface area (Å²) in [6.45, 7) is 1.82. The van der Waals surface area contributed by atoms with Gasteiger partial charge in [0.1, 0.15) is 18.3 Å². The number of rotatable bonds is 2. The molecule has 0 bridgehead atoms. The van der Waals surface area contributed by atoms with Crippen molar-refractivity contribution in [2.75, 3.05) is 7.11 Å². The fourth-order valence-corrected chi connectivity index (χ4v) is 1.45. The van der Waals surface area contributed by atoms with Crippen LogP contribution in [0.15, 0.2) is 0 Å². The molecule has 1 heterocycles. The zero-order valence-electron chi connectivity index (χ0n) is 7.75. The maximum absolute atomic E-state index is 9.43. The Bertz CT molecular complexity index is 143. The van der Waals surface area contributed by atoms with Crippen molar-refractivity contribution in [2.45, 2.75) is 44.1 Å². The van der Waals surface area contributed by atoms with Crippen LogP contribution in [-0.2, 0) is 9.47 Å². The number of hydrogen-bond acceptors (Lipinski definition) is 5. The van der Waals surface area contributed by atoms with E-state index in [1.54, 1.807) is 0 Å². The third-order valence-electron chi connectivity index (χ3n) is 2.30. The highest BCUT2D eigenvalue weighted by atomic mass is 16.7. The van der Waals surface area contributed by atoms with E-state index in [9.17, 15) is 15.3 Å². The number of aliphatic hydroxyl groups excluding tert-OH is 3. The number of methoxy groups -OCH3 is 1. The molecule has 78 valence electrons. The van der Waals surface area contributed by atoms with E-state index in [4.69, 9.17) is 9.47 Å². The van der Waals surface area contributed by atoms with Crippen LogP contribution in [0.25, 0.3) is 0 Å². The summed E-state index contributed by atoms with van der Waals surface area (Å²) in [7, 11) is 1.38. The lowest BCUT2D eigenvalue weighted by Gasteiger charge is -2.39. The largest absolute Gasteiger partial charge is 0.388 e. The zero-order valence-corrected chi connectivity index (χ0v) is 7.75. The third-order valence-corrected chi connectivity index (χ3v) is 2.30. The molecule has 0 amide bonds. The molecule has 1 fully saturated rings. The van der Waals surface area contributed by atoms with Gasteiger partial charge in [0.25, 0.3) is 0 Å². The molecule has 1 aliphatic heterocycles. The molecule has 5 heteroatoms. The quantitative estimate of drug-likeness (QED) is 0.515. The van der Waals surface area contributed by atoms with Gasteiger partial charge in [-0.05, 0) is 6.42 Å². The molecule has 0 aromatic heterocycles. The van der Waals surface area contributed by atoms with Crippen LogP contribution in [-0.4, -0.2) is 53.1 Å². The Morgan fingerprint density at radius 1 is 1.15 bits per heavy atom. The highest BCUT2D eigenvalue weighted by molar-refractivity contribution is 4.88. The van der Waals surface area contributed by atoms with Gasteiger partial charge >= 0.3 is 0 Å². The molecular weight excluding hydrogens is 176 g/mol. The van der Waals surface area contributed by atoms with Gasteiger partial charge in [-0.1, -0.05) is 6.92 Å². The summed E-state index contributed by atoms with van der Waals surface area (Å²) < 4.78 is 10.0. The van der Waals surface area contributed by atoms with Crippen LogP contribution in [0, 0.1) is 0 Å². The Morgan fingerprint density at radius 2 is 1.77 bits per heavy atom. The van der Waals surface area contributed by atoms with Crippen LogP contribution in [0.2, 0.25) is 0 Å². The van der Waals surface area contributed by atoms with Crippen LogP contribution < -0.4 is 0 Å². The van der Waals surface area contributed by atoms with E-state index in [-0.39, 0.29) is 0 Å². The van der Waals surface area contributed by atoms with Crippen molar-refractivity contribution < 1.29 is 24.8 Å². The van der Waals surface area contributed by atoms with Crippen LogP contribution in [0.5, 0.6) is 0 Å². The normalized spacial score (nSPS) is 46.4. The predicted molar refractivity (Wildman–Crippen MR) is 44.0 cm³/mol. The van der Waals surface area contributed by atoms with Crippen LogP contribution in [0.4, 0.5) is 0 Å². The van der Waals surface area contributed by atoms with E-state index >= 15 is 0 Å². The predicted octanol–water partition coefficient (Wildman–Crippen LogP) is -1.15. The lowest BCUT2D eigenvalue weighted by atomic mass is 9.97. The minimum absolute atomic E-state index is 0.483. The minimum atomic E-state index is -1.20. The molecule has 1 rings (SSSR count). The van der Waals surface area contributed by atoms with Gasteiger partial charge < -0.3 is 24.8 Å². The number of ether oxygens (including phenoxy) is 2. The Hall–Kier alpha value is -0.200. The zero-order chi connectivity index (χ0) is 10.0. The van der Waals surface area contributed by atoms with Crippen LogP contribution in [0.3, 0.4) is 0 Å². The minimum Gasteiger partial charge on any atom is -0.388 e. The van der Waals surface area contributed by atoms with Crippen molar-refractivity contribution in [1.82, 2.24) is 0 Å². The summed E-state index contributed by atoms with van der Waals surface area (Å²) >= 11 is 0. The molecule has 1 aliphatic rings. The summed E-state index contributed by atoms with van der Waals surface area (Å²) in [6.07, 6.45) is -4.23. The highest BCUT2D eigenvalue weighted by Gasteiger charge is 2.42. The molecule has 2 unspecified atom stereocenters. The Labute approximate surface area is 76.9 Å². The summed E-state index contributed by atoms with van der Waals surface area (Å²) in [5.74, 6) is 0. The highest BCUT2D eigenvalue weighted by Crippen LogP contribution is 2.23. The summed E-state index contributed by atoms with van der Waals surface area (Å²) in [6, 6.07) is 0. The van der Waals surface area contributed by atoms with Crippen molar-refractivity contribution in [1.29, 1.82) is 0 Å². The summed E-state index contributed by atoms with van der Waals surface area (Å²) in [4.78, 5) is 0. The van der Waals surface area contributed by atoms with Gasteiger partial charge in [0.05, 0.1) is 6.10 Å². The molecule has 5 atom stereocenters. The molecular formula is C8H16O5. The van der Waals surface area contributed by atoms with E-state index in [1.807, 2.05) is 6.92 Å². The van der Waals surface area contributed by atoms with E-state index < -0.39 is 30.7 Å². The molecule has 13 heavy (non-hydrogen) atoms. The third kappa shape index (κ3) is 2.00. The second-order valence-electron chi connectivity index (χ2n) is 3.16. The van der Waals surface area contributed by atoms with Crippen LogP contribution >= 0.6 is 0 Å².